The number of anilines is 2. The highest BCUT2D eigenvalue weighted by Gasteiger charge is 2.07. The smallest absolute Gasteiger partial charge is 0.0832 e. The van der Waals surface area contributed by atoms with Gasteiger partial charge in [-0.1, -0.05) is 0 Å². The van der Waals surface area contributed by atoms with Crippen LogP contribution in [0.2, 0.25) is 0 Å². The third-order valence-corrected chi connectivity index (χ3v) is 5.94. The van der Waals surface area contributed by atoms with Gasteiger partial charge >= 0.3 is 0 Å². The number of pyridine rings is 1. The summed E-state index contributed by atoms with van der Waals surface area (Å²) in [5.74, 6) is 0. The standard InChI is InChI=1S/C19H13N3S2/c1-11-6-12-7-16-14(9-19(12)24-11)15(4-5-20-16)22-13-2-3-18-17(8-13)21-10-23-18/h2-10H,1H3,(H,20,22). The second kappa shape index (κ2) is 5.26. The summed E-state index contributed by atoms with van der Waals surface area (Å²) < 4.78 is 2.50. The number of aromatic nitrogens is 2. The van der Waals surface area contributed by atoms with Gasteiger partial charge in [-0.05, 0) is 54.8 Å². The van der Waals surface area contributed by atoms with Gasteiger partial charge in [0.25, 0.3) is 0 Å². The molecule has 3 nitrogen and oxygen atoms in total. The Hall–Kier alpha value is -2.50. The van der Waals surface area contributed by atoms with Crippen molar-refractivity contribution in [3.8, 4) is 0 Å². The fourth-order valence-electron chi connectivity index (χ4n) is 3.01. The summed E-state index contributed by atoms with van der Waals surface area (Å²) in [6.45, 7) is 2.14. The number of hydrogen-bond donors (Lipinski definition) is 1. The Morgan fingerprint density at radius 2 is 1.88 bits per heavy atom. The first-order chi connectivity index (χ1) is 11.8. The number of aryl methyl sites for hydroxylation is 1. The molecule has 24 heavy (non-hydrogen) atoms. The van der Waals surface area contributed by atoms with E-state index >= 15 is 0 Å². The molecule has 5 heteroatoms. The minimum absolute atomic E-state index is 1.01. The fourth-order valence-corrected chi connectivity index (χ4v) is 4.62. The molecule has 0 aliphatic heterocycles. The molecule has 0 amide bonds. The second-order valence-corrected chi connectivity index (χ2v) is 7.96. The highest BCUT2D eigenvalue weighted by molar-refractivity contribution is 7.19. The molecule has 0 aliphatic rings. The topological polar surface area (TPSA) is 37.8 Å². The molecule has 0 fully saturated rings. The Bertz CT molecular complexity index is 1200. The van der Waals surface area contributed by atoms with Gasteiger partial charge < -0.3 is 5.32 Å². The maximum atomic E-state index is 4.54. The first-order valence-corrected chi connectivity index (χ1v) is 9.35. The molecule has 0 bridgehead atoms. The van der Waals surface area contributed by atoms with Crippen LogP contribution in [0, 0.1) is 6.92 Å². The summed E-state index contributed by atoms with van der Waals surface area (Å²) in [6, 6.07) is 14.9. The molecule has 5 rings (SSSR count). The van der Waals surface area contributed by atoms with Gasteiger partial charge in [-0.2, -0.15) is 0 Å². The van der Waals surface area contributed by atoms with E-state index in [1.54, 1.807) is 11.3 Å². The molecular formula is C19H13N3S2. The minimum Gasteiger partial charge on any atom is -0.355 e. The molecule has 0 saturated carbocycles. The second-order valence-electron chi connectivity index (χ2n) is 5.78. The van der Waals surface area contributed by atoms with Crippen LogP contribution in [0.25, 0.3) is 31.2 Å². The van der Waals surface area contributed by atoms with E-state index in [1.807, 2.05) is 29.1 Å². The van der Waals surface area contributed by atoms with Crippen LogP contribution in [0.3, 0.4) is 0 Å². The van der Waals surface area contributed by atoms with E-state index in [0.717, 1.165) is 27.8 Å². The molecule has 0 radical (unpaired) electrons. The Kier molecular flexibility index (Phi) is 3.04. The van der Waals surface area contributed by atoms with Crippen molar-refractivity contribution >= 4 is 65.3 Å². The van der Waals surface area contributed by atoms with Crippen molar-refractivity contribution in [1.82, 2.24) is 9.97 Å². The number of rotatable bonds is 2. The van der Waals surface area contributed by atoms with Crippen molar-refractivity contribution < 1.29 is 0 Å². The number of thiophene rings is 1. The van der Waals surface area contributed by atoms with Crippen molar-refractivity contribution in [2.45, 2.75) is 6.92 Å². The lowest BCUT2D eigenvalue weighted by atomic mass is 10.1. The molecule has 116 valence electrons. The van der Waals surface area contributed by atoms with E-state index in [-0.39, 0.29) is 0 Å². The average Bonchev–Trinajstić information content (AvgIpc) is 3.17. The predicted octanol–water partition coefficient (Wildman–Crippen LogP) is 6.11. The molecule has 2 aromatic carbocycles. The summed E-state index contributed by atoms with van der Waals surface area (Å²) >= 11 is 3.48. The number of benzene rings is 2. The number of nitrogens with zero attached hydrogens (tertiary/aromatic N) is 2. The maximum Gasteiger partial charge on any atom is 0.0832 e. The van der Waals surface area contributed by atoms with Gasteiger partial charge in [0.1, 0.15) is 0 Å². The molecule has 0 saturated heterocycles. The molecule has 0 unspecified atom stereocenters. The predicted molar refractivity (Wildman–Crippen MR) is 105 cm³/mol. The summed E-state index contributed by atoms with van der Waals surface area (Å²) in [5.41, 5.74) is 6.04. The van der Waals surface area contributed by atoms with E-state index in [2.05, 4.69) is 58.6 Å². The summed E-state index contributed by atoms with van der Waals surface area (Å²) in [7, 11) is 0. The number of fused-ring (bicyclic) bond motifs is 3. The summed E-state index contributed by atoms with van der Waals surface area (Å²) in [6.07, 6.45) is 1.86. The lowest BCUT2D eigenvalue weighted by Gasteiger charge is -2.09. The van der Waals surface area contributed by atoms with Crippen LogP contribution in [0.1, 0.15) is 4.88 Å². The normalized spacial score (nSPS) is 11.5. The molecule has 1 N–H and O–H groups in total. The quantitative estimate of drug-likeness (QED) is 0.418. The first-order valence-electron chi connectivity index (χ1n) is 7.65. The van der Waals surface area contributed by atoms with Crippen molar-refractivity contribution in [2.75, 3.05) is 5.32 Å². The maximum absolute atomic E-state index is 4.54. The van der Waals surface area contributed by atoms with Gasteiger partial charge in [0, 0.05) is 32.5 Å². The number of hydrogen-bond acceptors (Lipinski definition) is 5. The van der Waals surface area contributed by atoms with E-state index < -0.39 is 0 Å². The average molecular weight is 347 g/mol. The molecule has 0 spiro atoms. The van der Waals surface area contributed by atoms with Crippen LogP contribution < -0.4 is 5.32 Å². The Morgan fingerprint density at radius 1 is 0.917 bits per heavy atom. The molecule has 0 aliphatic carbocycles. The first kappa shape index (κ1) is 13.9. The molecular weight excluding hydrogens is 334 g/mol. The van der Waals surface area contributed by atoms with Crippen LogP contribution >= 0.6 is 22.7 Å². The van der Waals surface area contributed by atoms with Gasteiger partial charge in [-0.3, -0.25) is 4.98 Å². The number of thiazole rings is 1. The third-order valence-electron chi connectivity index (χ3n) is 4.11. The number of nitrogens with one attached hydrogen (secondary N) is 1. The van der Waals surface area contributed by atoms with E-state index in [4.69, 9.17) is 0 Å². The van der Waals surface area contributed by atoms with Crippen molar-refractivity contribution in [2.24, 2.45) is 0 Å². The summed E-state index contributed by atoms with van der Waals surface area (Å²) in [5, 5.41) is 5.94. The van der Waals surface area contributed by atoms with Crippen molar-refractivity contribution in [3.05, 3.63) is 59.0 Å². The molecule has 3 heterocycles. The Labute approximate surface area is 146 Å². The van der Waals surface area contributed by atoms with Crippen LogP contribution in [-0.4, -0.2) is 9.97 Å². The van der Waals surface area contributed by atoms with E-state index in [1.165, 1.54) is 19.7 Å². The van der Waals surface area contributed by atoms with Gasteiger partial charge in [-0.25, -0.2) is 4.98 Å². The van der Waals surface area contributed by atoms with Gasteiger partial charge in [0.05, 0.1) is 21.2 Å². The largest absolute Gasteiger partial charge is 0.355 e. The van der Waals surface area contributed by atoms with E-state index in [9.17, 15) is 0 Å². The lowest BCUT2D eigenvalue weighted by molar-refractivity contribution is 1.41. The van der Waals surface area contributed by atoms with Crippen LogP contribution in [0.5, 0.6) is 0 Å². The Morgan fingerprint density at radius 3 is 2.83 bits per heavy atom. The van der Waals surface area contributed by atoms with Crippen LogP contribution in [0.15, 0.2) is 54.2 Å². The fraction of sp³-hybridized carbons (Fsp3) is 0.0526. The lowest BCUT2D eigenvalue weighted by Crippen LogP contribution is -1.92. The zero-order valence-electron chi connectivity index (χ0n) is 12.9. The van der Waals surface area contributed by atoms with Crippen molar-refractivity contribution in [3.63, 3.8) is 0 Å². The molecule has 0 atom stereocenters. The SMILES string of the molecule is Cc1cc2cc3nccc(Nc4ccc5scnc5c4)c3cc2s1. The minimum atomic E-state index is 1.01. The van der Waals surface area contributed by atoms with Crippen LogP contribution in [0.4, 0.5) is 11.4 Å². The molecule has 5 aromatic rings. The van der Waals surface area contributed by atoms with E-state index in [0.29, 0.717) is 0 Å². The van der Waals surface area contributed by atoms with Gasteiger partial charge in [0.15, 0.2) is 0 Å². The zero-order valence-corrected chi connectivity index (χ0v) is 14.5. The monoisotopic (exact) mass is 347 g/mol. The highest BCUT2D eigenvalue weighted by Crippen LogP contribution is 2.33. The highest BCUT2D eigenvalue weighted by atomic mass is 32.1. The zero-order chi connectivity index (χ0) is 16.1. The van der Waals surface area contributed by atoms with Crippen LogP contribution in [-0.2, 0) is 0 Å². The third kappa shape index (κ3) is 2.25. The van der Waals surface area contributed by atoms with Crippen molar-refractivity contribution in [1.29, 1.82) is 0 Å². The Balaban J connectivity index is 1.65. The summed E-state index contributed by atoms with van der Waals surface area (Å²) in [4.78, 5) is 10.3. The van der Waals surface area contributed by atoms with Gasteiger partial charge in [-0.15, -0.1) is 22.7 Å². The molecule has 3 aromatic heterocycles. The van der Waals surface area contributed by atoms with Gasteiger partial charge in [0.2, 0.25) is 0 Å².